The van der Waals surface area contributed by atoms with E-state index >= 15 is 0 Å². The number of aryl methyl sites for hydroxylation is 2. The number of thiophene rings is 1. The molecule has 1 aromatic carbocycles. The molecule has 26 heavy (non-hydrogen) atoms. The summed E-state index contributed by atoms with van der Waals surface area (Å²) in [6, 6.07) is 10.4. The van der Waals surface area contributed by atoms with Crippen LogP contribution in [0.3, 0.4) is 0 Å². The van der Waals surface area contributed by atoms with Crippen molar-refractivity contribution < 1.29 is 0 Å². The maximum absolute atomic E-state index is 13.3. The Hall–Kier alpha value is -2.14. The van der Waals surface area contributed by atoms with E-state index in [1.54, 1.807) is 11.3 Å². The summed E-state index contributed by atoms with van der Waals surface area (Å²) in [5, 5.41) is 0.881. The second-order valence-electron chi connectivity index (χ2n) is 6.85. The Labute approximate surface area is 158 Å². The van der Waals surface area contributed by atoms with Crippen molar-refractivity contribution in [1.82, 2.24) is 9.55 Å². The van der Waals surface area contributed by atoms with Gasteiger partial charge in [-0.1, -0.05) is 30.3 Å². The number of rotatable bonds is 5. The van der Waals surface area contributed by atoms with E-state index in [4.69, 9.17) is 4.98 Å². The van der Waals surface area contributed by atoms with Crippen LogP contribution in [0.5, 0.6) is 0 Å². The molecule has 0 saturated heterocycles. The first kappa shape index (κ1) is 17.3. The first-order valence-electron chi connectivity index (χ1n) is 9.56. The van der Waals surface area contributed by atoms with Crippen LogP contribution in [-0.2, 0) is 25.9 Å². The van der Waals surface area contributed by atoms with Gasteiger partial charge in [0.15, 0.2) is 0 Å². The van der Waals surface area contributed by atoms with E-state index in [2.05, 4.69) is 36.1 Å². The molecule has 2 aromatic heterocycles. The second kappa shape index (κ2) is 7.23. The van der Waals surface area contributed by atoms with Crippen molar-refractivity contribution >= 4 is 27.5 Å². The second-order valence-corrected chi connectivity index (χ2v) is 7.94. The summed E-state index contributed by atoms with van der Waals surface area (Å²) in [5.41, 5.74) is 2.64. The Morgan fingerprint density at radius 3 is 2.65 bits per heavy atom. The number of nitrogens with zero attached hydrogens (tertiary/aromatic N) is 3. The first-order chi connectivity index (χ1) is 12.7. The van der Waals surface area contributed by atoms with E-state index in [-0.39, 0.29) is 5.56 Å². The molecule has 0 radical (unpaired) electrons. The number of hydrogen-bond donors (Lipinski definition) is 0. The SMILES string of the molecule is CCN(Cc1ccccc1)c1nc2sc3c(c2c(=O)n1CC)CCCC3. The molecule has 4 nitrogen and oxygen atoms in total. The Morgan fingerprint density at radius 1 is 1.15 bits per heavy atom. The van der Waals surface area contributed by atoms with Crippen LogP contribution in [0.15, 0.2) is 35.1 Å². The van der Waals surface area contributed by atoms with Crippen LogP contribution in [0.1, 0.15) is 42.7 Å². The van der Waals surface area contributed by atoms with Gasteiger partial charge < -0.3 is 4.90 Å². The number of fused-ring (bicyclic) bond motifs is 3. The van der Waals surface area contributed by atoms with Crippen molar-refractivity contribution in [2.75, 3.05) is 11.4 Å². The third kappa shape index (κ3) is 2.94. The van der Waals surface area contributed by atoms with Gasteiger partial charge in [0.25, 0.3) is 5.56 Å². The topological polar surface area (TPSA) is 38.1 Å². The minimum absolute atomic E-state index is 0.137. The molecule has 0 spiro atoms. The molecule has 5 heteroatoms. The van der Waals surface area contributed by atoms with E-state index in [0.717, 1.165) is 42.1 Å². The van der Waals surface area contributed by atoms with Crippen molar-refractivity contribution in [3.63, 3.8) is 0 Å². The first-order valence-corrected chi connectivity index (χ1v) is 10.4. The molecule has 3 aromatic rings. The zero-order valence-electron chi connectivity index (χ0n) is 15.5. The standard InChI is InChI=1S/C21H25N3OS/c1-3-23(14-15-10-6-5-7-11-15)21-22-19-18(20(25)24(21)4-2)16-12-8-9-13-17(16)26-19/h5-7,10-11H,3-4,8-9,12-14H2,1-2H3. The van der Waals surface area contributed by atoms with E-state index in [0.29, 0.717) is 6.54 Å². The fourth-order valence-electron chi connectivity index (χ4n) is 3.88. The van der Waals surface area contributed by atoms with Crippen molar-refractivity contribution in [2.24, 2.45) is 0 Å². The fourth-order valence-corrected chi connectivity index (χ4v) is 5.13. The highest BCUT2D eigenvalue weighted by Gasteiger charge is 2.23. The van der Waals surface area contributed by atoms with Gasteiger partial charge in [-0.25, -0.2) is 4.98 Å². The monoisotopic (exact) mass is 367 g/mol. The molecule has 0 unspecified atom stereocenters. The van der Waals surface area contributed by atoms with Gasteiger partial charge in [-0.05, 0) is 50.7 Å². The Kier molecular flexibility index (Phi) is 4.81. The largest absolute Gasteiger partial charge is 0.338 e. The number of benzene rings is 1. The normalized spacial score (nSPS) is 13.8. The fraction of sp³-hybridized carbons (Fsp3) is 0.429. The summed E-state index contributed by atoms with van der Waals surface area (Å²) >= 11 is 1.73. The Morgan fingerprint density at radius 2 is 1.92 bits per heavy atom. The molecule has 0 atom stereocenters. The predicted molar refractivity (Wildman–Crippen MR) is 109 cm³/mol. The van der Waals surface area contributed by atoms with Crippen LogP contribution in [0.2, 0.25) is 0 Å². The van der Waals surface area contributed by atoms with E-state index < -0.39 is 0 Å². The molecule has 0 bridgehead atoms. The summed E-state index contributed by atoms with van der Waals surface area (Å²) < 4.78 is 1.86. The molecule has 1 aliphatic carbocycles. The van der Waals surface area contributed by atoms with Crippen molar-refractivity contribution in [3.8, 4) is 0 Å². The molecule has 1 aliphatic rings. The predicted octanol–water partition coefficient (Wildman–Crippen LogP) is 4.38. The molecule has 4 rings (SSSR count). The Bertz CT molecular complexity index is 974. The third-order valence-electron chi connectivity index (χ3n) is 5.25. The molecular formula is C21H25N3OS. The molecule has 136 valence electrons. The lowest BCUT2D eigenvalue weighted by atomic mass is 9.97. The lowest BCUT2D eigenvalue weighted by Gasteiger charge is -2.25. The molecule has 0 amide bonds. The van der Waals surface area contributed by atoms with Crippen LogP contribution < -0.4 is 10.5 Å². The average molecular weight is 368 g/mol. The lowest BCUT2D eigenvalue weighted by molar-refractivity contribution is 0.666. The number of hydrogen-bond acceptors (Lipinski definition) is 4. The maximum Gasteiger partial charge on any atom is 0.263 e. The smallest absolute Gasteiger partial charge is 0.263 e. The van der Waals surface area contributed by atoms with E-state index in [9.17, 15) is 4.79 Å². The third-order valence-corrected chi connectivity index (χ3v) is 6.44. The Balaban J connectivity index is 1.84. The number of aromatic nitrogens is 2. The van der Waals surface area contributed by atoms with Gasteiger partial charge in [0.05, 0.1) is 5.39 Å². The summed E-state index contributed by atoms with van der Waals surface area (Å²) in [7, 11) is 0. The summed E-state index contributed by atoms with van der Waals surface area (Å²) in [5.74, 6) is 0.801. The average Bonchev–Trinajstić information content (AvgIpc) is 3.05. The van der Waals surface area contributed by atoms with Crippen LogP contribution in [-0.4, -0.2) is 16.1 Å². The summed E-state index contributed by atoms with van der Waals surface area (Å²) in [6.07, 6.45) is 4.53. The van der Waals surface area contributed by atoms with Crippen molar-refractivity contribution in [1.29, 1.82) is 0 Å². The molecule has 0 saturated carbocycles. The molecular weight excluding hydrogens is 342 g/mol. The minimum atomic E-state index is 0.137. The van der Waals surface area contributed by atoms with Crippen LogP contribution in [0.4, 0.5) is 5.95 Å². The van der Waals surface area contributed by atoms with Gasteiger partial charge in [0.1, 0.15) is 4.83 Å². The van der Waals surface area contributed by atoms with Gasteiger partial charge in [-0.2, -0.15) is 0 Å². The minimum Gasteiger partial charge on any atom is -0.338 e. The zero-order chi connectivity index (χ0) is 18.1. The van der Waals surface area contributed by atoms with Crippen LogP contribution in [0, 0.1) is 0 Å². The van der Waals surface area contributed by atoms with Crippen molar-refractivity contribution in [3.05, 3.63) is 56.7 Å². The highest BCUT2D eigenvalue weighted by atomic mass is 32.1. The van der Waals surface area contributed by atoms with E-state index in [1.165, 1.54) is 28.8 Å². The van der Waals surface area contributed by atoms with E-state index in [1.807, 2.05) is 17.6 Å². The zero-order valence-corrected chi connectivity index (χ0v) is 16.3. The van der Waals surface area contributed by atoms with Crippen LogP contribution >= 0.6 is 11.3 Å². The van der Waals surface area contributed by atoms with Gasteiger partial charge in [-0.15, -0.1) is 11.3 Å². The maximum atomic E-state index is 13.3. The van der Waals surface area contributed by atoms with Gasteiger partial charge in [-0.3, -0.25) is 9.36 Å². The summed E-state index contributed by atoms with van der Waals surface area (Å²) in [4.78, 5) is 22.8. The summed E-state index contributed by atoms with van der Waals surface area (Å²) in [6.45, 7) is 6.39. The van der Waals surface area contributed by atoms with Gasteiger partial charge in [0.2, 0.25) is 5.95 Å². The quantitative estimate of drug-likeness (QED) is 0.671. The highest BCUT2D eigenvalue weighted by molar-refractivity contribution is 7.18. The van der Waals surface area contributed by atoms with Gasteiger partial charge >= 0.3 is 0 Å². The highest BCUT2D eigenvalue weighted by Crippen LogP contribution is 2.34. The van der Waals surface area contributed by atoms with Gasteiger partial charge in [0, 0.05) is 24.5 Å². The molecule has 0 aliphatic heterocycles. The molecule has 0 N–H and O–H groups in total. The molecule has 0 fully saturated rings. The number of anilines is 1. The van der Waals surface area contributed by atoms with Crippen molar-refractivity contribution in [2.45, 2.75) is 52.6 Å². The molecule has 2 heterocycles. The lowest BCUT2D eigenvalue weighted by Crippen LogP contribution is -2.32. The van der Waals surface area contributed by atoms with Crippen LogP contribution in [0.25, 0.3) is 10.2 Å².